The van der Waals surface area contributed by atoms with Crippen LogP contribution in [-0.4, -0.2) is 30.8 Å². The number of pyridine rings is 3. The van der Waals surface area contributed by atoms with Crippen LogP contribution in [0.1, 0.15) is 16.1 Å². The molecule has 0 aliphatic rings. The third-order valence-electron chi connectivity index (χ3n) is 3.73. The van der Waals surface area contributed by atoms with Gasteiger partial charge in [0.2, 0.25) is 0 Å². The molecule has 0 saturated heterocycles. The summed E-state index contributed by atoms with van der Waals surface area (Å²) in [5, 5.41) is 2.83. The van der Waals surface area contributed by atoms with E-state index in [1.54, 1.807) is 30.9 Å². The molecule has 0 aliphatic carbocycles. The summed E-state index contributed by atoms with van der Waals surface area (Å²) in [5.41, 5.74) is 3.85. The molecule has 0 bridgehead atoms. The van der Waals surface area contributed by atoms with Crippen molar-refractivity contribution in [3.63, 3.8) is 0 Å². The Morgan fingerprint density at radius 2 is 2.00 bits per heavy atom. The summed E-state index contributed by atoms with van der Waals surface area (Å²) >= 11 is 0. The number of nitrogens with one attached hydrogen (secondary N) is 2. The number of fused-ring (bicyclic) bond motifs is 1. The molecule has 0 radical (unpaired) electrons. The lowest BCUT2D eigenvalue weighted by molar-refractivity contribution is 0.102. The van der Waals surface area contributed by atoms with E-state index in [2.05, 4.69) is 30.2 Å². The van der Waals surface area contributed by atoms with E-state index in [-0.39, 0.29) is 5.91 Å². The minimum atomic E-state index is -0.262. The second kappa shape index (κ2) is 6.12. The number of H-pyrrole nitrogens is 1. The predicted octanol–water partition coefficient (Wildman–Crippen LogP) is 2.98. The van der Waals surface area contributed by atoms with E-state index >= 15 is 0 Å². The van der Waals surface area contributed by atoms with Crippen molar-refractivity contribution < 1.29 is 4.79 Å². The average molecular weight is 330 g/mol. The number of imidazole rings is 1. The van der Waals surface area contributed by atoms with Crippen LogP contribution in [0.5, 0.6) is 0 Å². The second-order valence-electron chi connectivity index (χ2n) is 5.53. The molecular formula is C18H14N6O. The number of nitrogens with zero attached hydrogens (tertiary/aromatic N) is 4. The van der Waals surface area contributed by atoms with Crippen molar-refractivity contribution in [1.82, 2.24) is 24.9 Å². The first-order chi connectivity index (χ1) is 12.2. The van der Waals surface area contributed by atoms with Gasteiger partial charge in [0.05, 0.1) is 17.4 Å². The topological polar surface area (TPSA) is 96.5 Å². The van der Waals surface area contributed by atoms with E-state index in [0.29, 0.717) is 28.2 Å². The lowest BCUT2D eigenvalue weighted by atomic mass is 10.2. The zero-order chi connectivity index (χ0) is 17.2. The van der Waals surface area contributed by atoms with Gasteiger partial charge >= 0.3 is 0 Å². The summed E-state index contributed by atoms with van der Waals surface area (Å²) in [7, 11) is 0. The summed E-state index contributed by atoms with van der Waals surface area (Å²) in [6.45, 7) is 1.89. The number of amides is 1. The van der Waals surface area contributed by atoms with Crippen LogP contribution >= 0.6 is 0 Å². The summed E-state index contributed by atoms with van der Waals surface area (Å²) < 4.78 is 0. The Balaban J connectivity index is 1.70. The van der Waals surface area contributed by atoms with Gasteiger partial charge in [-0.25, -0.2) is 9.97 Å². The number of hydrogen-bond donors (Lipinski definition) is 2. The van der Waals surface area contributed by atoms with Gasteiger partial charge in [-0.05, 0) is 37.3 Å². The Morgan fingerprint density at radius 3 is 2.76 bits per heavy atom. The standard InChI is InChI=1S/C18H14N6O/c1-11-4-5-13(10-21-11)22-18(25)14-6-8-20-17-15(14)23-16(24-17)12-3-2-7-19-9-12/h2-10H,1H3,(H,22,25)(H,20,23,24). The third-order valence-corrected chi connectivity index (χ3v) is 3.73. The Hall–Kier alpha value is -3.61. The number of hydrogen-bond acceptors (Lipinski definition) is 5. The third kappa shape index (κ3) is 2.94. The first-order valence-electron chi connectivity index (χ1n) is 7.70. The van der Waals surface area contributed by atoms with Crippen LogP contribution in [0.2, 0.25) is 0 Å². The lowest BCUT2D eigenvalue weighted by Gasteiger charge is -2.05. The molecule has 0 unspecified atom stereocenters. The largest absolute Gasteiger partial charge is 0.323 e. The number of aromatic amines is 1. The number of aromatic nitrogens is 5. The molecule has 0 saturated carbocycles. The Bertz CT molecular complexity index is 1040. The van der Waals surface area contributed by atoms with Crippen molar-refractivity contribution in [3.05, 3.63) is 66.4 Å². The maximum absolute atomic E-state index is 12.6. The molecule has 4 aromatic rings. The van der Waals surface area contributed by atoms with Gasteiger partial charge in [0.25, 0.3) is 5.91 Å². The maximum atomic E-state index is 12.6. The molecule has 2 N–H and O–H groups in total. The van der Waals surface area contributed by atoms with Crippen LogP contribution in [0.15, 0.2) is 55.1 Å². The van der Waals surface area contributed by atoms with Crippen molar-refractivity contribution >= 4 is 22.8 Å². The van der Waals surface area contributed by atoms with Gasteiger partial charge in [-0.15, -0.1) is 0 Å². The van der Waals surface area contributed by atoms with E-state index in [1.807, 2.05) is 31.2 Å². The lowest BCUT2D eigenvalue weighted by Crippen LogP contribution is -2.12. The molecule has 1 amide bonds. The fraction of sp³-hybridized carbons (Fsp3) is 0.0556. The molecule has 4 heterocycles. The Labute approximate surface area is 143 Å². The monoisotopic (exact) mass is 330 g/mol. The van der Waals surface area contributed by atoms with Gasteiger partial charge in [-0.2, -0.15) is 0 Å². The SMILES string of the molecule is Cc1ccc(NC(=O)c2ccnc3[nH]c(-c4cccnc4)nc23)cn1. The zero-order valence-corrected chi connectivity index (χ0v) is 13.4. The average Bonchev–Trinajstić information content (AvgIpc) is 3.08. The normalized spacial score (nSPS) is 10.8. The van der Waals surface area contributed by atoms with E-state index in [9.17, 15) is 4.79 Å². The minimum absolute atomic E-state index is 0.262. The molecular weight excluding hydrogens is 316 g/mol. The van der Waals surface area contributed by atoms with Crippen LogP contribution in [-0.2, 0) is 0 Å². The van der Waals surface area contributed by atoms with Crippen LogP contribution in [0.3, 0.4) is 0 Å². The molecule has 0 aromatic carbocycles. The quantitative estimate of drug-likeness (QED) is 0.602. The van der Waals surface area contributed by atoms with Gasteiger partial charge in [-0.1, -0.05) is 0 Å². The van der Waals surface area contributed by atoms with Crippen LogP contribution in [0.25, 0.3) is 22.6 Å². The van der Waals surface area contributed by atoms with E-state index in [1.165, 1.54) is 0 Å². The fourth-order valence-corrected chi connectivity index (χ4v) is 2.47. The molecule has 25 heavy (non-hydrogen) atoms. The number of anilines is 1. The molecule has 4 rings (SSSR count). The predicted molar refractivity (Wildman–Crippen MR) is 94.0 cm³/mol. The summed E-state index contributed by atoms with van der Waals surface area (Å²) in [5.74, 6) is 0.357. The molecule has 4 aromatic heterocycles. The van der Waals surface area contributed by atoms with Gasteiger partial charge in [0.1, 0.15) is 11.3 Å². The molecule has 7 nitrogen and oxygen atoms in total. The highest BCUT2D eigenvalue weighted by molar-refractivity contribution is 6.11. The van der Waals surface area contributed by atoms with Crippen molar-refractivity contribution in [2.45, 2.75) is 6.92 Å². The van der Waals surface area contributed by atoms with Gasteiger partial charge in [-0.3, -0.25) is 14.8 Å². The van der Waals surface area contributed by atoms with Gasteiger partial charge in [0.15, 0.2) is 5.65 Å². The maximum Gasteiger partial charge on any atom is 0.258 e. The van der Waals surface area contributed by atoms with Crippen molar-refractivity contribution in [2.75, 3.05) is 5.32 Å². The van der Waals surface area contributed by atoms with Crippen LogP contribution in [0.4, 0.5) is 5.69 Å². The molecule has 7 heteroatoms. The van der Waals surface area contributed by atoms with E-state index in [0.717, 1.165) is 11.3 Å². The number of carbonyl (C=O) groups is 1. The zero-order valence-electron chi connectivity index (χ0n) is 13.4. The minimum Gasteiger partial charge on any atom is -0.323 e. The van der Waals surface area contributed by atoms with E-state index in [4.69, 9.17) is 0 Å². The summed E-state index contributed by atoms with van der Waals surface area (Å²) in [6.07, 6.45) is 6.60. The van der Waals surface area contributed by atoms with Gasteiger partial charge in [0, 0.05) is 29.8 Å². The fourth-order valence-electron chi connectivity index (χ4n) is 2.47. The molecule has 0 spiro atoms. The highest BCUT2D eigenvalue weighted by Gasteiger charge is 2.15. The first-order valence-corrected chi connectivity index (χ1v) is 7.70. The number of aryl methyl sites for hydroxylation is 1. The number of rotatable bonds is 3. The van der Waals surface area contributed by atoms with E-state index < -0.39 is 0 Å². The highest BCUT2D eigenvalue weighted by atomic mass is 16.1. The summed E-state index contributed by atoms with van der Waals surface area (Å²) in [6, 6.07) is 9.01. The van der Waals surface area contributed by atoms with Crippen molar-refractivity contribution in [1.29, 1.82) is 0 Å². The highest BCUT2D eigenvalue weighted by Crippen LogP contribution is 2.21. The first kappa shape index (κ1) is 14.9. The Morgan fingerprint density at radius 1 is 1.08 bits per heavy atom. The van der Waals surface area contributed by atoms with Crippen molar-refractivity contribution in [3.8, 4) is 11.4 Å². The second-order valence-corrected chi connectivity index (χ2v) is 5.53. The van der Waals surface area contributed by atoms with Crippen LogP contribution in [0, 0.1) is 6.92 Å². The smallest absolute Gasteiger partial charge is 0.258 e. The molecule has 0 fully saturated rings. The van der Waals surface area contributed by atoms with Crippen LogP contribution < -0.4 is 5.32 Å². The summed E-state index contributed by atoms with van der Waals surface area (Å²) in [4.78, 5) is 32.8. The molecule has 0 atom stereocenters. The van der Waals surface area contributed by atoms with Crippen molar-refractivity contribution in [2.24, 2.45) is 0 Å². The van der Waals surface area contributed by atoms with Gasteiger partial charge < -0.3 is 10.3 Å². The Kier molecular flexibility index (Phi) is 3.66. The molecule has 122 valence electrons. The molecule has 0 aliphatic heterocycles. The number of carbonyl (C=O) groups excluding carboxylic acids is 1.